The summed E-state index contributed by atoms with van der Waals surface area (Å²) in [7, 11) is -3.84. The van der Waals surface area contributed by atoms with Crippen molar-refractivity contribution in [1.29, 1.82) is 0 Å². The van der Waals surface area contributed by atoms with Gasteiger partial charge in [-0.15, -0.1) is 0 Å². The molecule has 0 saturated carbocycles. The summed E-state index contributed by atoms with van der Waals surface area (Å²) in [5.41, 5.74) is 0.208. The van der Waals surface area contributed by atoms with Gasteiger partial charge in [-0.2, -0.15) is 5.10 Å². The molecular formula is C22H25N3O4S. The average Bonchev–Trinajstić information content (AvgIpc) is 2.69. The van der Waals surface area contributed by atoms with E-state index in [0.717, 1.165) is 5.56 Å². The lowest BCUT2D eigenvalue weighted by Gasteiger charge is -2.18. The molecule has 7 nitrogen and oxygen atoms in total. The SMILES string of the molecule is CC(C)(C)CCS(=O)(=O)NC(=O)c1nn(Cc2ccccc2)c(=O)c2ccccc12. The molecule has 0 fully saturated rings. The lowest BCUT2D eigenvalue weighted by atomic mass is 9.94. The summed E-state index contributed by atoms with van der Waals surface area (Å²) in [6, 6.07) is 15.8. The van der Waals surface area contributed by atoms with E-state index in [-0.39, 0.29) is 29.0 Å². The lowest BCUT2D eigenvalue weighted by Crippen LogP contribution is -2.36. The Balaban J connectivity index is 1.99. The molecule has 0 radical (unpaired) electrons. The molecule has 1 heterocycles. The topological polar surface area (TPSA) is 98.1 Å². The van der Waals surface area contributed by atoms with Crippen LogP contribution in [0.1, 0.15) is 43.2 Å². The van der Waals surface area contributed by atoms with E-state index in [1.165, 1.54) is 4.68 Å². The molecule has 0 saturated heterocycles. The second-order valence-corrected chi connectivity index (χ2v) is 10.2. The molecule has 8 heteroatoms. The van der Waals surface area contributed by atoms with Crippen molar-refractivity contribution in [2.75, 3.05) is 5.75 Å². The molecule has 158 valence electrons. The molecule has 0 aliphatic heterocycles. The van der Waals surface area contributed by atoms with E-state index in [1.807, 2.05) is 51.1 Å². The van der Waals surface area contributed by atoms with E-state index in [2.05, 4.69) is 9.82 Å². The Morgan fingerprint density at radius 1 is 1.00 bits per heavy atom. The quantitative estimate of drug-likeness (QED) is 0.652. The largest absolute Gasteiger partial charge is 0.285 e. The lowest BCUT2D eigenvalue weighted by molar-refractivity contribution is 0.0976. The highest BCUT2D eigenvalue weighted by Crippen LogP contribution is 2.19. The van der Waals surface area contributed by atoms with E-state index in [9.17, 15) is 18.0 Å². The van der Waals surface area contributed by atoms with Crippen LogP contribution in [0.3, 0.4) is 0 Å². The molecule has 1 amide bonds. The van der Waals surface area contributed by atoms with Gasteiger partial charge >= 0.3 is 0 Å². The third-order valence-corrected chi connectivity index (χ3v) is 5.86. The summed E-state index contributed by atoms with van der Waals surface area (Å²) < 4.78 is 28.1. The molecular weight excluding hydrogens is 402 g/mol. The first-order valence-electron chi connectivity index (χ1n) is 9.64. The van der Waals surface area contributed by atoms with Gasteiger partial charge in [0.2, 0.25) is 10.0 Å². The Hall–Kier alpha value is -3.00. The molecule has 0 aliphatic rings. The number of rotatable bonds is 6. The first kappa shape index (κ1) is 21.7. The summed E-state index contributed by atoms with van der Waals surface area (Å²) in [5.74, 6) is -1.02. The number of sulfonamides is 1. The van der Waals surface area contributed by atoms with Gasteiger partial charge in [0.05, 0.1) is 17.7 Å². The van der Waals surface area contributed by atoms with Crippen LogP contribution in [0.2, 0.25) is 0 Å². The van der Waals surface area contributed by atoms with Crippen molar-refractivity contribution in [2.45, 2.75) is 33.7 Å². The number of carbonyl (C=O) groups is 1. The molecule has 0 aliphatic carbocycles. The predicted molar refractivity (Wildman–Crippen MR) is 117 cm³/mol. The number of aromatic nitrogens is 2. The van der Waals surface area contributed by atoms with Gasteiger partial charge in [-0.05, 0) is 23.5 Å². The number of hydrogen-bond donors (Lipinski definition) is 1. The van der Waals surface area contributed by atoms with Gasteiger partial charge in [0.25, 0.3) is 11.5 Å². The highest BCUT2D eigenvalue weighted by Gasteiger charge is 2.23. The highest BCUT2D eigenvalue weighted by atomic mass is 32.2. The predicted octanol–water partition coefficient (Wildman–Crippen LogP) is 2.94. The van der Waals surface area contributed by atoms with Gasteiger partial charge in [-0.3, -0.25) is 9.59 Å². The first-order valence-corrected chi connectivity index (χ1v) is 11.3. The molecule has 0 spiro atoms. The van der Waals surface area contributed by atoms with Crippen molar-refractivity contribution in [3.63, 3.8) is 0 Å². The Morgan fingerprint density at radius 3 is 2.23 bits per heavy atom. The zero-order chi connectivity index (χ0) is 21.9. The van der Waals surface area contributed by atoms with Crippen molar-refractivity contribution in [3.05, 3.63) is 76.2 Å². The molecule has 1 N–H and O–H groups in total. The zero-order valence-electron chi connectivity index (χ0n) is 17.3. The molecule has 0 unspecified atom stereocenters. The zero-order valence-corrected chi connectivity index (χ0v) is 18.1. The maximum absolute atomic E-state index is 12.9. The second kappa shape index (κ2) is 8.39. The fraction of sp³-hybridized carbons (Fsp3) is 0.318. The average molecular weight is 428 g/mol. The third-order valence-electron chi connectivity index (χ3n) is 4.63. The van der Waals surface area contributed by atoms with E-state index < -0.39 is 15.9 Å². The molecule has 2 aromatic carbocycles. The molecule has 0 atom stereocenters. The van der Waals surface area contributed by atoms with Gasteiger partial charge in [-0.25, -0.2) is 17.8 Å². The van der Waals surface area contributed by atoms with Crippen LogP contribution in [-0.2, 0) is 16.6 Å². The van der Waals surface area contributed by atoms with Crippen molar-refractivity contribution in [2.24, 2.45) is 5.41 Å². The minimum atomic E-state index is -3.84. The maximum Gasteiger partial charge on any atom is 0.285 e. The monoisotopic (exact) mass is 427 g/mol. The first-order chi connectivity index (χ1) is 14.1. The summed E-state index contributed by atoms with van der Waals surface area (Å²) in [6.07, 6.45) is 0.400. The number of hydrogen-bond acceptors (Lipinski definition) is 5. The van der Waals surface area contributed by atoms with Crippen molar-refractivity contribution in [3.8, 4) is 0 Å². The van der Waals surface area contributed by atoms with Crippen LogP contribution in [0.15, 0.2) is 59.4 Å². The van der Waals surface area contributed by atoms with Crippen LogP contribution < -0.4 is 10.3 Å². The number of amides is 1. The smallest absolute Gasteiger partial charge is 0.267 e. The molecule has 3 rings (SSSR count). The van der Waals surface area contributed by atoms with E-state index in [1.54, 1.807) is 24.3 Å². The summed E-state index contributed by atoms with van der Waals surface area (Å²) in [6.45, 7) is 5.96. The Bertz CT molecular complexity index is 1230. The summed E-state index contributed by atoms with van der Waals surface area (Å²) >= 11 is 0. The molecule has 30 heavy (non-hydrogen) atoms. The Morgan fingerprint density at radius 2 is 1.60 bits per heavy atom. The van der Waals surface area contributed by atoms with E-state index >= 15 is 0 Å². The van der Waals surface area contributed by atoms with Crippen molar-refractivity contribution in [1.82, 2.24) is 14.5 Å². The van der Waals surface area contributed by atoms with Gasteiger partial charge < -0.3 is 0 Å². The van der Waals surface area contributed by atoms with Crippen LogP contribution in [-0.4, -0.2) is 29.9 Å². The number of carbonyl (C=O) groups excluding carboxylic acids is 1. The number of fused-ring (bicyclic) bond motifs is 1. The van der Waals surface area contributed by atoms with Crippen LogP contribution in [0.4, 0.5) is 0 Å². The van der Waals surface area contributed by atoms with Crippen molar-refractivity contribution >= 4 is 26.7 Å². The van der Waals surface area contributed by atoms with Crippen molar-refractivity contribution < 1.29 is 13.2 Å². The van der Waals surface area contributed by atoms with Gasteiger partial charge in [0.15, 0.2) is 5.69 Å². The Labute approximate surface area is 175 Å². The molecule has 0 bridgehead atoms. The molecule has 1 aromatic heterocycles. The second-order valence-electron chi connectivity index (χ2n) is 8.40. The van der Waals surface area contributed by atoms with Gasteiger partial charge in [0.1, 0.15) is 0 Å². The van der Waals surface area contributed by atoms with Crippen LogP contribution in [0.5, 0.6) is 0 Å². The van der Waals surface area contributed by atoms with E-state index in [4.69, 9.17) is 0 Å². The fourth-order valence-electron chi connectivity index (χ4n) is 2.95. The number of nitrogens with one attached hydrogen (secondary N) is 1. The van der Waals surface area contributed by atoms with Crippen LogP contribution in [0, 0.1) is 5.41 Å². The summed E-state index contributed by atoms with van der Waals surface area (Å²) in [4.78, 5) is 25.7. The fourth-order valence-corrected chi connectivity index (χ4v) is 4.31. The van der Waals surface area contributed by atoms with Crippen LogP contribution in [0.25, 0.3) is 10.8 Å². The Kier molecular flexibility index (Phi) is 6.07. The summed E-state index contributed by atoms with van der Waals surface area (Å²) in [5, 5.41) is 4.84. The minimum Gasteiger partial charge on any atom is -0.267 e. The highest BCUT2D eigenvalue weighted by molar-refractivity contribution is 7.90. The van der Waals surface area contributed by atoms with Gasteiger partial charge in [0, 0.05) is 5.39 Å². The normalized spacial score (nSPS) is 12.1. The molecule has 3 aromatic rings. The third kappa shape index (κ3) is 5.33. The standard InChI is InChI=1S/C22H25N3O4S/c1-22(2,3)13-14-30(28,29)24-20(26)19-17-11-7-8-12-18(17)21(27)25(23-19)15-16-9-5-4-6-10-16/h4-12H,13-15H2,1-3H3,(H,24,26). The van der Waals surface area contributed by atoms with Gasteiger partial charge in [-0.1, -0.05) is 69.3 Å². The number of nitrogens with zero attached hydrogens (tertiary/aromatic N) is 2. The van der Waals surface area contributed by atoms with Crippen LogP contribution >= 0.6 is 0 Å². The maximum atomic E-state index is 12.9. The van der Waals surface area contributed by atoms with E-state index in [0.29, 0.717) is 17.2 Å². The number of benzene rings is 2. The minimum absolute atomic E-state index is 0.0968.